The second-order valence-corrected chi connectivity index (χ2v) is 7.52. The van der Waals surface area contributed by atoms with E-state index in [-0.39, 0.29) is 23.4 Å². The van der Waals surface area contributed by atoms with Crippen LogP contribution in [-0.4, -0.2) is 24.9 Å². The third-order valence-electron chi connectivity index (χ3n) is 5.48. The Morgan fingerprint density at radius 3 is 2.61 bits per heavy atom. The number of rotatable bonds is 4. The molecule has 0 aliphatic heterocycles. The second-order valence-electron chi connectivity index (χ2n) is 7.52. The summed E-state index contributed by atoms with van der Waals surface area (Å²) >= 11 is 0. The summed E-state index contributed by atoms with van der Waals surface area (Å²) in [6.07, 6.45) is 6.81. The van der Waals surface area contributed by atoms with Gasteiger partial charge in [0, 0.05) is 23.1 Å². The van der Waals surface area contributed by atoms with Crippen molar-refractivity contribution in [2.45, 2.75) is 39.0 Å². The Kier molecular flexibility index (Phi) is 4.38. The van der Waals surface area contributed by atoms with Crippen molar-refractivity contribution in [1.82, 2.24) is 9.55 Å². The highest BCUT2D eigenvalue weighted by molar-refractivity contribution is 5.76. The van der Waals surface area contributed by atoms with Crippen molar-refractivity contribution < 1.29 is 15.3 Å². The highest BCUT2D eigenvalue weighted by atomic mass is 16.3. The van der Waals surface area contributed by atoms with Gasteiger partial charge in [-0.2, -0.15) is 0 Å². The molecule has 1 atom stereocenters. The Morgan fingerprint density at radius 1 is 1.11 bits per heavy atom. The zero-order valence-corrected chi connectivity index (χ0v) is 16.2. The lowest BCUT2D eigenvalue weighted by atomic mass is 9.96. The molecule has 0 radical (unpaired) electrons. The van der Waals surface area contributed by atoms with E-state index in [0.29, 0.717) is 17.2 Å². The maximum Gasteiger partial charge on any atom is 0.299 e. The van der Waals surface area contributed by atoms with Crippen LogP contribution in [0.25, 0.3) is 23.0 Å². The van der Waals surface area contributed by atoms with Crippen molar-refractivity contribution in [2.24, 2.45) is 0 Å². The number of hydrogen-bond acceptors (Lipinski definition) is 4. The van der Waals surface area contributed by atoms with Crippen molar-refractivity contribution >= 4 is 6.08 Å². The molecule has 0 amide bonds. The van der Waals surface area contributed by atoms with Gasteiger partial charge in [0.1, 0.15) is 11.5 Å². The lowest BCUT2D eigenvalue weighted by Gasteiger charge is -2.17. The Morgan fingerprint density at radius 2 is 1.89 bits per heavy atom. The van der Waals surface area contributed by atoms with Crippen LogP contribution < -0.4 is 0 Å². The fourth-order valence-electron chi connectivity index (χ4n) is 3.97. The number of fused-ring (bicyclic) bond motifs is 1. The molecule has 28 heavy (non-hydrogen) atoms. The molecule has 5 heteroatoms. The fraction of sp³-hybridized carbons (Fsp3) is 0.261. The van der Waals surface area contributed by atoms with Gasteiger partial charge in [-0.15, -0.1) is 0 Å². The molecule has 4 rings (SSSR count). The third-order valence-corrected chi connectivity index (χ3v) is 5.48. The van der Waals surface area contributed by atoms with E-state index in [4.69, 9.17) is 0 Å². The number of hydrogen-bond donors (Lipinski definition) is 3. The first-order chi connectivity index (χ1) is 13.4. The van der Waals surface area contributed by atoms with Crippen LogP contribution in [0.5, 0.6) is 17.5 Å². The van der Waals surface area contributed by atoms with Crippen molar-refractivity contribution in [3.8, 4) is 34.5 Å². The molecule has 3 N–H and O–H groups in total. The average molecular weight is 376 g/mol. The first-order valence-corrected chi connectivity index (χ1v) is 9.56. The van der Waals surface area contributed by atoms with Gasteiger partial charge in [-0.3, -0.25) is 4.57 Å². The SMILES string of the molecule is CCC1C=Cc2c1cccc2-n1c(-c2cc(C(C)C)c(O)cc2O)cnc1O. The molecule has 144 valence electrons. The van der Waals surface area contributed by atoms with Crippen LogP contribution in [-0.2, 0) is 0 Å². The van der Waals surface area contributed by atoms with Gasteiger partial charge in [0.25, 0.3) is 6.01 Å². The highest BCUT2D eigenvalue weighted by Gasteiger charge is 2.24. The molecule has 1 aliphatic carbocycles. The molecular weight excluding hydrogens is 352 g/mol. The number of benzene rings is 2. The van der Waals surface area contributed by atoms with E-state index in [2.05, 4.69) is 30.1 Å². The molecule has 3 aromatic rings. The maximum absolute atomic E-state index is 10.5. The highest BCUT2D eigenvalue weighted by Crippen LogP contribution is 2.42. The zero-order chi connectivity index (χ0) is 20.0. The van der Waals surface area contributed by atoms with E-state index < -0.39 is 0 Å². The van der Waals surface area contributed by atoms with Crippen molar-refractivity contribution in [3.05, 3.63) is 59.3 Å². The van der Waals surface area contributed by atoms with Gasteiger partial charge >= 0.3 is 0 Å². The third kappa shape index (κ3) is 2.74. The largest absolute Gasteiger partial charge is 0.508 e. The molecule has 0 saturated heterocycles. The van der Waals surface area contributed by atoms with Crippen LogP contribution in [0.4, 0.5) is 0 Å². The van der Waals surface area contributed by atoms with E-state index in [1.54, 1.807) is 16.8 Å². The quantitative estimate of drug-likeness (QED) is 0.577. The molecule has 1 aliphatic rings. The summed E-state index contributed by atoms with van der Waals surface area (Å²) in [5.41, 5.74) is 4.89. The lowest BCUT2D eigenvalue weighted by Crippen LogP contribution is -2.02. The fourth-order valence-corrected chi connectivity index (χ4v) is 3.97. The van der Waals surface area contributed by atoms with Crippen LogP contribution >= 0.6 is 0 Å². The summed E-state index contributed by atoms with van der Waals surface area (Å²) in [6.45, 7) is 6.10. The van der Waals surface area contributed by atoms with Gasteiger partial charge in [-0.05, 0) is 35.6 Å². The van der Waals surface area contributed by atoms with Crippen LogP contribution in [0.1, 0.15) is 55.7 Å². The van der Waals surface area contributed by atoms with Crippen molar-refractivity contribution in [2.75, 3.05) is 0 Å². The van der Waals surface area contributed by atoms with Gasteiger partial charge in [0.05, 0.1) is 17.6 Å². The summed E-state index contributed by atoms with van der Waals surface area (Å²) in [5, 5.41) is 31.2. The Bertz CT molecular complexity index is 1080. The minimum atomic E-state index is -0.143. The average Bonchev–Trinajstić information content (AvgIpc) is 3.24. The minimum absolute atomic E-state index is 0.0564. The first-order valence-electron chi connectivity index (χ1n) is 9.56. The molecule has 0 saturated carbocycles. The number of aromatic hydroxyl groups is 3. The minimum Gasteiger partial charge on any atom is -0.508 e. The number of allylic oxidation sites excluding steroid dienone is 1. The molecule has 0 spiro atoms. The molecule has 1 heterocycles. The Labute approximate surface area is 164 Å². The van der Waals surface area contributed by atoms with Crippen LogP contribution in [0.3, 0.4) is 0 Å². The molecule has 2 aromatic carbocycles. The number of phenols is 2. The summed E-state index contributed by atoms with van der Waals surface area (Å²) in [7, 11) is 0. The molecule has 0 fully saturated rings. The van der Waals surface area contributed by atoms with Crippen LogP contribution in [0, 0.1) is 0 Å². The van der Waals surface area contributed by atoms with E-state index >= 15 is 0 Å². The van der Waals surface area contributed by atoms with E-state index in [9.17, 15) is 15.3 Å². The van der Waals surface area contributed by atoms with Crippen molar-refractivity contribution in [1.29, 1.82) is 0 Å². The smallest absolute Gasteiger partial charge is 0.299 e. The predicted molar refractivity (Wildman–Crippen MR) is 110 cm³/mol. The summed E-state index contributed by atoms with van der Waals surface area (Å²) in [5.74, 6) is 0.440. The van der Waals surface area contributed by atoms with Crippen molar-refractivity contribution in [3.63, 3.8) is 0 Å². The van der Waals surface area contributed by atoms with Gasteiger partial charge in [0.15, 0.2) is 0 Å². The number of aromatic nitrogens is 2. The normalized spacial score (nSPS) is 15.4. The van der Waals surface area contributed by atoms with Gasteiger partial charge in [0.2, 0.25) is 0 Å². The molecule has 1 unspecified atom stereocenters. The van der Waals surface area contributed by atoms with Crippen LogP contribution in [0.2, 0.25) is 0 Å². The van der Waals surface area contributed by atoms with Gasteiger partial charge in [-0.1, -0.05) is 45.1 Å². The van der Waals surface area contributed by atoms with E-state index in [1.807, 2.05) is 26.0 Å². The number of phenolic OH excluding ortho intramolecular Hbond substituents is 2. The van der Waals surface area contributed by atoms with Gasteiger partial charge in [-0.25, -0.2) is 4.98 Å². The molecule has 5 nitrogen and oxygen atoms in total. The second kappa shape index (κ2) is 6.75. The van der Waals surface area contributed by atoms with E-state index in [1.165, 1.54) is 11.6 Å². The van der Waals surface area contributed by atoms with Crippen LogP contribution in [0.15, 0.2) is 42.6 Å². The Balaban J connectivity index is 1.94. The predicted octanol–water partition coefficient (Wildman–Crippen LogP) is 5.30. The lowest BCUT2D eigenvalue weighted by molar-refractivity contribution is 0.423. The summed E-state index contributed by atoms with van der Waals surface area (Å²) < 4.78 is 1.65. The molecular formula is C23H24N2O3. The standard InChI is InChI=1S/C23H24N2O3/c1-4-14-8-9-16-15(14)6-5-7-19(16)25-20(12-24-23(25)28)18-10-17(13(2)3)21(26)11-22(18)27/h5-14,26-27H,4H2,1-3H3,(H,24,28). The zero-order valence-electron chi connectivity index (χ0n) is 16.2. The van der Waals surface area contributed by atoms with Gasteiger partial charge < -0.3 is 15.3 Å². The summed E-state index contributed by atoms with van der Waals surface area (Å²) in [6, 6.07) is 8.99. The number of imidazole rings is 1. The maximum atomic E-state index is 10.5. The Hall–Kier alpha value is -3.21. The first kappa shape index (κ1) is 18.2. The monoisotopic (exact) mass is 376 g/mol. The molecule has 0 bridgehead atoms. The number of nitrogens with zero attached hydrogens (tertiary/aromatic N) is 2. The van der Waals surface area contributed by atoms with E-state index in [0.717, 1.165) is 23.2 Å². The topological polar surface area (TPSA) is 78.5 Å². The summed E-state index contributed by atoms with van der Waals surface area (Å²) in [4.78, 5) is 4.09. The molecule has 1 aromatic heterocycles.